The lowest BCUT2D eigenvalue weighted by molar-refractivity contribution is -0.885. The number of carbonyl (C=O) groups is 1. The van der Waals surface area contributed by atoms with Crippen molar-refractivity contribution in [2.45, 2.75) is 20.4 Å². The maximum absolute atomic E-state index is 11.5. The molecule has 1 rings (SSSR count). The molecule has 0 saturated carbocycles. The number of likely N-dealkylation sites (N-methyl/N-ethyl adjacent to an activating group) is 1. The predicted octanol–water partition coefficient (Wildman–Crippen LogP) is 0.0675. The van der Waals surface area contributed by atoms with Crippen LogP contribution in [0.15, 0.2) is 18.2 Å². The van der Waals surface area contributed by atoms with Crippen molar-refractivity contribution in [1.82, 2.24) is 5.32 Å². The fourth-order valence-electron chi connectivity index (χ4n) is 1.92. The van der Waals surface area contributed by atoms with E-state index in [2.05, 4.69) is 43.3 Å². The summed E-state index contributed by atoms with van der Waals surface area (Å²) in [5.74, 6) is 2.39. The lowest BCUT2D eigenvalue weighted by Crippen LogP contribution is -3.09. The first kappa shape index (κ1) is 14.3. The molecule has 1 atom stereocenters. The Labute approximate surface area is 109 Å². The highest BCUT2D eigenvalue weighted by Gasteiger charge is 2.10. The summed E-state index contributed by atoms with van der Waals surface area (Å²) in [6, 6.07) is 6.41. The fraction of sp³-hybridized carbons (Fsp3) is 0.400. The topological polar surface area (TPSA) is 33.5 Å². The molecule has 0 aliphatic rings. The molecule has 0 aliphatic carbocycles. The Morgan fingerprint density at radius 3 is 2.78 bits per heavy atom. The van der Waals surface area contributed by atoms with Crippen molar-refractivity contribution in [3.63, 3.8) is 0 Å². The van der Waals surface area contributed by atoms with Gasteiger partial charge in [0, 0.05) is 5.56 Å². The number of terminal acetylenes is 1. The average Bonchev–Trinajstić information content (AvgIpc) is 2.30. The third kappa shape index (κ3) is 4.60. The molecule has 0 bridgehead atoms. The third-order valence-corrected chi connectivity index (χ3v) is 2.84. The molecule has 0 fully saturated rings. The number of hydrogen-bond donors (Lipinski definition) is 2. The molecule has 3 heteroatoms. The number of nitrogens with one attached hydrogen (secondary N) is 2. The Kier molecular flexibility index (Phi) is 5.41. The van der Waals surface area contributed by atoms with Crippen molar-refractivity contribution in [3.8, 4) is 12.3 Å². The van der Waals surface area contributed by atoms with Crippen LogP contribution in [0.5, 0.6) is 0 Å². The van der Waals surface area contributed by atoms with Crippen LogP contribution in [0.25, 0.3) is 0 Å². The molecule has 1 unspecified atom stereocenters. The zero-order valence-electron chi connectivity index (χ0n) is 11.3. The summed E-state index contributed by atoms with van der Waals surface area (Å²) in [4.78, 5) is 12.7. The highest BCUT2D eigenvalue weighted by atomic mass is 16.1. The van der Waals surface area contributed by atoms with Gasteiger partial charge in [-0.05, 0) is 19.4 Å². The van der Waals surface area contributed by atoms with Gasteiger partial charge in [0.25, 0.3) is 5.91 Å². The van der Waals surface area contributed by atoms with Gasteiger partial charge in [-0.25, -0.2) is 0 Å². The van der Waals surface area contributed by atoms with Gasteiger partial charge in [0.05, 0.1) is 13.6 Å². The monoisotopic (exact) mass is 245 g/mol. The van der Waals surface area contributed by atoms with Gasteiger partial charge in [0.1, 0.15) is 6.54 Å². The van der Waals surface area contributed by atoms with Gasteiger partial charge < -0.3 is 10.2 Å². The number of carbonyl (C=O) groups excluding carboxylic acids is 1. The van der Waals surface area contributed by atoms with E-state index in [1.807, 2.05) is 7.05 Å². The molecule has 0 saturated heterocycles. The number of benzene rings is 1. The van der Waals surface area contributed by atoms with Crippen LogP contribution in [0.1, 0.15) is 16.7 Å². The summed E-state index contributed by atoms with van der Waals surface area (Å²) >= 11 is 0. The Hall–Kier alpha value is -1.79. The summed E-state index contributed by atoms with van der Waals surface area (Å²) in [6.07, 6.45) is 5.09. The quantitative estimate of drug-likeness (QED) is 0.707. The lowest BCUT2D eigenvalue weighted by Gasteiger charge is -2.15. The molecule has 0 spiro atoms. The molecule has 18 heavy (non-hydrogen) atoms. The predicted molar refractivity (Wildman–Crippen MR) is 73.2 cm³/mol. The molecule has 1 aromatic carbocycles. The average molecular weight is 245 g/mol. The maximum atomic E-state index is 11.5. The zero-order valence-corrected chi connectivity index (χ0v) is 11.3. The first-order chi connectivity index (χ1) is 8.52. The first-order valence-corrected chi connectivity index (χ1v) is 6.10. The van der Waals surface area contributed by atoms with E-state index in [0.29, 0.717) is 13.1 Å². The van der Waals surface area contributed by atoms with Crippen molar-refractivity contribution in [3.05, 3.63) is 34.9 Å². The Bertz CT molecular complexity index is 460. The largest absolute Gasteiger partial charge is 0.340 e. The van der Waals surface area contributed by atoms with Crippen LogP contribution in [-0.2, 0) is 11.3 Å². The normalized spacial score (nSPS) is 11.7. The first-order valence-electron chi connectivity index (χ1n) is 6.10. The SMILES string of the molecule is C#CCNC(=O)C[NH+](C)Cc1ccc(C)cc1C. The van der Waals surface area contributed by atoms with Crippen molar-refractivity contribution in [2.75, 3.05) is 20.1 Å². The molecule has 96 valence electrons. The summed E-state index contributed by atoms with van der Waals surface area (Å²) in [5.41, 5.74) is 3.82. The molecule has 0 aromatic heterocycles. The van der Waals surface area contributed by atoms with Crippen LogP contribution < -0.4 is 10.2 Å². The minimum atomic E-state index is -0.00443. The Balaban J connectivity index is 2.52. The molecular formula is C15H21N2O+. The van der Waals surface area contributed by atoms with Crippen LogP contribution in [0, 0.1) is 26.2 Å². The minimum absolute atomic E-state index is 0.00443. The smallest absolute Gasteiger partial charge is 0.275 e. The lowest BCUT2D eigenvalue weighted by atomic mass is 10.1. The van der Waals surface area contributed by atoms with Crippen molar-refractivity contribution < 1.29 is 9.69 Å². The van der Waals surface area contributed by atoms with Gasteiger partial charge in [0.15, 0.2) is 6.54 Å². The molecule has 3 nitrogen and oxygen atoms in total. The molecule has 0 heterocycles. The Morgan fingerprint density at radius 1 is 1.44 bits per heavy atom. The standard InChI is InChI=1S/C15H20N2O/c1-5-8-16-15(18)11-17(4)10-14-7-6-12(2)9-13(14)3/h1,6-7,9H,8,10-11H2,2-4H3,(H,16,18)/p+1. The fourth-order valence-corrected chi connectivity index (χ4v) is 1.92. The molecule has 0 radical (unpaired) electrons. The third-order valence-electron chi connectivity index (χ3n) is 2.84. The Morgan fingerprint density at radius 2 is 2.17 bits per heavy atom. The van der Waals surface area contributed by atoms with Crippen LogP contribution in [0.3, 0.4) is 0 Å². The zero-order chi connectivity index (χ0) is 13.5. The molecule has 2 N–H and O–H groups in total. The molecule has 1 aromatic rings. The highest BCUT2D eigenvalue weighted by molar-refractivity contribution is 5.77. The van der Waals surface area contributed by atoms with E-state index in [0.717, 1.165) is 11.4 Å². The van der Waals surface area contributed by atoms with Gasteiger partial charge in [0.2, 0.25) is 0 Å². The summed E-state index contributed by atoms with van der Waals surface area (Å²) < 4.78 is 0. The second-order valence-electron chi connectivity index (χ2n) is 4.72. The van der Waals surface area contributed by atoms with E-state index in [1.165, 1.54) is 16.7 Å². The maximum Gasteiger partial charge on any atom is 0.275 e. The van der Waals surface area contributed by atoms with Crippen LogP contribution in [0.4, 0.5) is 0 Å². The highest BCUT2D eigenvalue weighted by Crippen LogP contribution is 2.08. The number of quaternary nitrogens is 1. The van der Waals surface area contributed by atoms with Gasteiger partial charge in [-0.2, -0.15) is 0 Å². The number of amides is 1. The summed E-state index contributed by atoms with van der Waals surface area (Å²) in [5, 5.41) is 2.68. The van der Waals surface area contributed by atoms with Crippen molar-refractivity contribution in [1.29, 1.82) is 0 Å². The van der Waals surface area contributed by atoms with E-state index in [-0.39, 0.29) is 5.91 Å². The van der Waals surface area contributed by atoms with E-state index in [9.17, 15) is 4.79 Å². The van der Waals surface area contributed by atoms with Gasteiger partial charge in [-0.3, -0.25) is 4.79 Å². The van der Waals surface area contributed by atoms with E-state index < -0.39 is 0 Å². The van der Waals surface area contributed by atoms with Crippen LogP contribution in [-0.4, -0.2) is 26.0 Å². The second-order valence-corrected chi connectivity index (χ2v) is 4.72. The van der Waals surface area contributed by atoms with Crippen LogP contribution in [0.2, 0.25) is 0 Å². The molecule has 0 aliphatic heterocycles. The van der Waals surface area contributed by atoms with Crippen LogP contribution >= 0.6 is 0 Å². The minimum Gasteiger partial charge on any atom is -0.340 e. The number of hydrogen-bond acceptors (Lipinski definition) is 1. The van der Waals surface area contributed by atoms with Gasteiger partial charge >= 0.3 is 0 Å². The van der Waals surface area contributed by atoms with Gasteiger partial charge in [-0.1, -0.05) is 29.7 Å². The van der Waals surface area contributed by atoms with E-state index >= 15 is 0 Å². The van der Waals surface area contributed by atoms with Crippen molar-refractivity contribution >= 4 is 5.91 Å². The number of aryl methyl sites for hydroxylation is 2. The van der Waals surface area contributed by atoms with E-state index in [4.69, 9.17) is 6.42 Å². The van der Waals surface area contributed by atoms with E-state index in [1.54, 1.807) is 0 Å². The number of rotatable bonds is 5. The van der Waals surface area contributed by atoms with Gasteiger partial charge in [-0.15, -0.1) is 6.42 Å². The summed E-state index contributed by atoms with van der Waals surface area (Å²) in [7, 11) is 2.01. The summed E-state index contributed by atoms with van der Waals surface area (Å²) in [6.45, 7) is 5.77. The molecule has 1 amide bonds. The molecular weight excluding hydrogens is 224 g/mol. The second kappa shape index (κ2) is 6.83. The van der Waals surface area contributed by atoms with Crippen molar-refractivity contribution in [2.24, 2.45) is 0 Å².